The number of alkyl halides is 3. The first-order chi connectivity index (χ1) is 13.2. The highest BCUT2D eigenvalue weighted by molar-refractivity contribution is 7.21. The van der Waals surface area contributed by atoms with Crippen molar-refractivity contribution in [3.05, 3.63) is 40.2 Å². The van der Waals surface area contributed by atoms with Crippen LogP contribution in [0.5, 0.6) is 0 Å². The minimum Gasteiger partial charge on any atom is -0.397 e. The minimum absolute atomic E-state index is 0.0315. The van der Waals surface area contributed by atoms with Crippen LogP contribution in [0.15, 0.2) is 34.3 Å². The Hall–Kier alpha value is -2.99. The van der Waals surface area contributed by atoms with E-state index in [4.69, 9.17) is 10.3 Å². The van der Waals surface area contributed by atoms with Crippen LogP contribution >= 0.6 is 22.7 Å². The highest BCUT2D eigenvalue weighted by Gasteiger charge is 2.36. The highest BCUT2D eigenvalue weighted by Crippen LogP contribution is 2.44. The van der Waals surface area contributed by atoms with E-state index in [0.717, 1.165) is 17.4 Å². The van der Waals surface area contributed by atoms with Crippen LogP contribution in [0.4, 0.5) is 24.7 Å². The number of nitrogen functional groups attached to an aromatic ring is 1. The van der Waals surface area contributed by atoms with Crippen LogP contribution in [0.1, 0.15) is 15.2 Å². The lowest BCUT2D eigenvalue weighted by atomic mass is 10.1. The van der Waals surface area contributed by atoms with Gasteiger partial charge < -0.3 is 5.73 Å². The molecule has 0 fully saturated rings. The monoisotopic (exact) mass is 426 g/mol. The molecule has 7 nitrogen and oxygen atoms in total. The number of hydrogen-bond acceptors (Lipinski definition) is 7. The van der Waals surface area contributed by atoms with Gasteiger partial charge in [-0.2, -0.15) is 13.2 Å². The molecule has 12 heteroatoms. The van der Waals surface area contributed by atoms with Crippen molar-refractivity contribution in [1.29, 1.82) is 0 Å². The molecule has 4 heterocycles. The first-order valence-electron chi connectivity index (χ1n) is 7.72. The molecule has 0 unspecified atom stereocenters. The minimum atomic E-state index is -4.66. The van der Waals surface area contributed by atoms with Gasteiger partial charge in [0.1, 0.15) is 9.71 Å². The summed E-state index contributed by atoms with van der Waals surface area (Å²) < 4.78 is 47.2. The molecular weight excluding hydrogens is 415 g/mol. The van der Waals surface area contributed by atoms with Gasteiger partial charge >= 0.3 is 12.1 Å². The summed E-state index contributed by atoms with van der Waals surface area (Å²) in [6, 6.07) is 4.35. The number of nitrogens with zero attached hydrogens (tertiary/aromatic N) is 3. The standard InChI is InChI=1S/C16H10F3N5O2S2/c1-24-6-10(26-23-24)22-14(25)13-12(20)11-7(16(17,18)19)5-8(21-15(11)28-13)9-3-2-4-27-9/h2-6H,1H3,(H2-,20,22,23,25)/p+1. The zero-order valence-electron chi connectivity index (χ0n) is 14.1. The first-order valence-corrected chi connectivity index (χ1v) is 9.41. The molecule has 0 aliphatic rings. The summed E-state index contributed by atoms with van der Waals surface area (Å²) in [4.78, 5) is 17.3. The molecule has 4 aromatic heterocycles. The van der Waals surface area contributed by atoms with Gasteiger partial charge in [0.05, 0.1) is 21.8 Å². The summed E-state index contributed by atoms with van der Waals surface area (Å²) in [7, 11) is 1.58. The maximum atomic E-state index is 13.7. The largest absolute Gasteiger partial charge is 0.417 e. The molecule has 0 aliphatic heterocycles. The Bertz CT molecular complexity index is 1180. The number of nitrogens with two attached hydrogens (primary N) is 1. The van der Waals surface area contributed by atoms with Crippen molar-refractivity contribution < 1.29 is 27.2 Å². The quantitative estimate of drug-likeness (QED) is 0.487. The Kier molecular flexibility index (Phi) is 4.31. The van der Waals surface area contributed by atoms with Gasteiger partial charge in [-0.25, -0.2) is 4.98 Å². The normalized spacial score (nSPS) is 11.9. The van der Waals surface area contributed by atoms with Gasteiger partial charge in [0.15, 0.2) is 12.3 Å². The van der Waals surface area contributed by atoms with E-state index in [1.165, 1.54) is 22.2 Å². The lowest BCUT2D eigenvalue weighted by molar-refractivity contribution is -0.739. The topological polar surface area (TPSA) is 97.9 Å². The number of aryl methyl sites for hydroxylation is 1. The zero-order valence-corrected chi connectivity index (χ0v) is 15.7. The number of nitrogens with one attached hydrogen (secondary N) is 1. The van der Waals surface area contributed by atoms with Gasteiger partial charge in [-0.05, 0) is 17.5 Å². The summed E-state index contributed by atoms with van der Waals surface area (Å²) in [5.41, 5.74) is 4.89. The third kappa shape index (κ3) is 3.20. The van der Waals surface area contributed by atoms with Crippen LogP contribution in [0.25, 0.3) is 20.8 Å². The molecule has 0 radical (unpaired) electrons. The fourth-order valence-corrected chi connectivity index (χ4v) is 4.31. The van der Waals surface area contributed by atoms with Crippen LogP contribution in [0, 0.1) is 0 Å². The number of hydrogen-bond donors (Lipinski definition) is 2. The fourth-order valence-electron chi connectivity index (χ4n) is 2.61. The van der Waals surface area contributed by atoms with Crippen molar-refractivity contribution in [2.24, 2.45) is 7.05 Å². The Labute approximate surface area is 163 Å². The second-order valence-corrected chi connectivity index (χ2v) is 7.70. The summed E-state index contributed by atoms with van der Waals surface area (Å²) in [6.07, 6.45) is -3.26. The van der Waals surface area contributed by atoms with Gasteiger partial charge in [-0.3, -0.25) is 14.6 Å². The van der Waals surface area contributed by atoms with E-state index >= 15 is 0 Å². The average molecular weight is 426 g/mol. The smallest absolute Gasteiger partial charge is 0.397 e. The summed E-state index contributed by atoms with van der Waals surface area (Å²) in [5, 5.41) is 7.43. The number of amides is 1. The van der Waals surface area contributed by atoms with Gasteiger partial charge in [0, 0.05) is 5.39 Å². The molecule has 28 heavy (non-hydrogen) atoms. The molecule has 0 bridgehead atoms. The molecule has 0 aliphatic carbocycles. The average Bonchev–Trinajstić information content (AvgIpc) is 3.34. The second kappa shape index (κ2) is 6.56. The maximum absolute atomic E-state index is 13.7. The number of thiophene rings is 2. The lowest BCUT2D eigenvalue weighted by Gasteiger charge is -2.10. The molecule has 0 saturated carbocycles. The highest BCUT2D eigenvalue weighted by atomic mass is 32.1. The van der Waals surface area contributed by atoms with E-state index in [0.29, 0.717) is 4.88 Å². The van der Waals surface area contributed by atoms with Crippen molar-refractivity contribution >= 4 is 50.4 Å². The molecule has 3 N–H and O–H groups in total. The predicted octanol–water partition coefficient (Wildman–Crippen LogP) is 3.69. The van der Waals surface area contributed by atoms with Crippen molar-refractivity contribution in [1.82, 2.24) is 10.3 Å². The molecule has 0 atom stereocenters. The Balaban J connectivity index is 1.86. The number of pyridine rings is 1. The van der Waals surface area contributed by atoms with Gasteiger partial charge in [0.25, 0.3) is 12.1 Å². The van der Waals surface area contributed by atoms with Crippen LogP contribution in [0.2, 0.25) is 0 Å². The summed E-state index contributed by atoms with van der Waals surface area (Å²) in [5.74, 6) is -0.671. The molecule has 0 aromatic carbocycles. The SMILES string of the molecule is C[n+]1cc(NC(=O)c2sc3nc(-c4cccs4)cc(C(F)(F)F)c3c2N)on1. The molecule has 144 valence electrons. The predicted molar refractivity (Wildman–Crippen MR) is 98.0 cm³/mol. The third-order valence-electron chi connectivity index (χ3n) is 3.79. The molecular formula is C16H11F3N5O2S2+. The Morgan fingerprint density at radius 3 is 2.79 bits per heavy atom. The van der Waals surface area contributed by atoms with Crippen LogP contribution in [-0.4, -0.2) is 16.2 Å². The number of anilines is 2. The number of rotatable bonds is 3. The van der Waals surface area contributed by atoms with Crippen molar-refractivity contribution in [2.75, 3.05) is 11.1 Å². The van der Waals surface area contributed by atoms with Crippen molar-refractivity contribution in [3.8, 4) is 10.6 Å². The first kappa shape index (κ1) is 18.4. The van der Waals surface area contributed by atoms with Crippen LogP contribution < -0.4 is 15.7 Å². The second-order valence-electron chi connectivity index (χ2n) is 5.75. The van der Waals surface area contributed by atoms with Gasteiger partial charge in [-0.15, -0.1) is 22.7 Å². The van der Waals surface area contributed by atoms with E-state index in [2.05, 4.69) is 15.6 Å². The van der Waals surface area contributed by atoms with E-state index in [9.17, 15) is 18.0 Å². The molecule has 0 saturated heterocycles. The molecule has 4 rings (SSSR count). The van der Waals surface area contributed by atoms with E-state index in [1.54, 1.807) is 24.6 Å². The van der Waals surface area contributed by atoms with E-state index in [1.807, 2.05) is 0 Å². The third-order valence-corrected chi connectivity index (χ3v) is 5.78. The Morgan fingerprint density at radius 2 is 2.18 bits per heavy atom. The molecule has 4 aromatic rings. The van der Waals surface area contributed by atoms with Crippen molar-refractivity contribution in [2.45, 2.75) is 6.18 Å². The number of carbonyl (C=O) groups is 1. The van der Waals surface area contributed by atoms with Gasteiger partial charge in [0.2, 0.25) is 0 Å². The van der Waals surface area contributed by atoms with Crippen molar-refractivity contribution in [3.63, 3.8) is 0 Å². The van der Waals surface area contributed by atoms with E-state index in [-0.39, 0.29) is 32.4 Å². The molecule has 0 spiro atoms. The molecule has 1 amide bonds. The van der Waals surface area contributed by atoms with Crippen LogP contribution in [-0.2, 0) is 13.2 Å². The zero-order chi connectivity index (χ0) is 20.1. The number of carbonyl (C=O) groups excluding carboxylic acids is 1. The van der Waals surface area contributed by atoms with E-state index < -0.39 is 17.6 Å². The number of fused-ring (bicyclic) bond motifs is 1. The van der Waals surface area contributed by atoms with Gasteiger partial charge in [-0.1, -0.05) is 10.7 Å². The van der Waals surface area contributed by atoms with Crippen LogP contribution in [0.3, 0.4) is 0 Å². The summed E-state index contributed by atoms with van der Waals surface area (Å²) in [6.45, 7) is 0. The maximum Gasteiger partial charge on any atom is 0.417 e. The Morgan fingerprint density at radius 1 is 1.39 bits per heavy atom. The summed E-state index contributed by atoms with van der Waals surface area (Å²) >= 11 is 2.06. The fraction of sp³-hybridized carbons (Fsp3) is 0.125. The number of aromatic nitrogens is 3. The number of halogens is 3. The lowest BCUT2D eigenvalue weighted by Crippen LogP contribution is -2.28.